The lowest BCUT2D eigenvalue weighted by atomic mass is 9.82. The van der Waals surface area contributed by atoms with Crippen LogP contribution in [-0.4, -0.2) is 8.07 Å². The first-order valence-electron chi connectivity index (χ1n) is 19.4. The third kappa shape index (κ3) is 4.98. The highest BCUT2D eigenvalue weighted by Crippen LogP contribution is 2.54. The molecule has 8 aromatic carbocycles. The summed E-state index contributed by atoms with van der Waals surface area (Å²) in [5, 5.41) is 5.71. The fraction of sp³-hybridized carbons (Fsp3) is 0.0943. The van der Waals surface area contributed by atoms with Crippen molar-refractivity contribution in [3.05, 3.63) is 210 Å². The molecular weight excluding hydrogens is 679 g/mol. The van der Waals surface area contributed by atoms with Gasteiger partial charge in [0.15, 0.2) is 8.07 Å². The molecule has 0 bridgehead atoms. The van der Waals surface area contributed by atoms with Gasteiger partial charge in [0.05, 0.1) is 5.69 Å². The first-order chi connectivity index (χ1) is 26.9. The van der Waals surface area contributed by atoms with Crippen LogP contribution in [-0.2, 0) is 5.41 Å². The summed E-state index contributed by atoms with van der Waals surface area (Å²) in [5.41, 5.74) is 16.5. The van der Waals surface area contributed by atoms with Crippen molar-refractivity contribution in [1.29, 1.82) is 0 Å². The van der Waals surface area contributed by atoms with Crippen LogP contribution in [0.3, 0.4) is 0 Å². The number of rotatable bonds is 6. The Balaban J connectivity index is 1.35. The van der Waals surface area contributed by atoms with Crippen LogP contribution in [0.25, 0.3) is 33.4 Å². The number of hydrogen-bond acceptors (Lipinski definition) is 1. The van der Waals surface area contributed by atoms with Crippen molar-refractivity contribution in [2.24, 2.45) is 0 Å². The van der Waals surface area contributed by atoms with Gasteiger partial charge in [-0.15, -0.1) is 0 Å². The molecule has 2 aliphatic rings. The first kappa shape index (κ1) is 33.4. The average molecular weight is 722 g/mol. The molecule has 0 unspecified atom stereocenters. The second kappa shape index (κ2) is 12.7. The van der Waals surface area contributed by atoms with Gasteiger partial charge in [0.1, 0.15) is 0 Å². The Morgan fingerprint density at radius 2 is 0.982 bits per heavy atom. The molecule has 0 amide bonds. The Hall–Kier alpha value is -6.22. The standard InChI is InChI=1S/C53H43NSi/c1-36-27-31-41(32-28-36)55(42-33-29-37(2)30-34-42)50-26-11-9-19-43(50)44-21-13-25-49(52(44)55)54(40-18-12-17-39(35-40)38-15-6-5-7-16-38)48-24-14-23-47-51(48)45-20-8-10-22-46(45)53(47,3)4/h5-35H,1-4H3. The van der Waals surface area contributed by atoms with E-state index in [1.54, 1.807) is 0 Å². The molecule has 10 rings (SSSR count). The van der Waals surface area contributed by atoms with E-state index in [1.807, 2.05) is 0 Å². The van der Waals surface area contributed by atoms with Crippen LogP contribution in [0.5, 0.6) is 0 Å². The van der Waals surface area contributed by atoms with Gasteiger partial charge in [-0.3, -0.25) is 0 Å². The van der Waals surface area contributed by atoms with Crippen molar-refractivity contribution in [1.82, 2.24) is 0 Å². The summed E-state index contributed by atoms with van der Waals surface area (Å²) in [6.45, 7) is 9.15. The van der Waals surface area contributed by atoms with E-state index in [-0.39, 0.29) is 5.41 Å². The molecule has 1 heterocycles. The van der Waals surface area contributed by atoms with Crippen LogP contribution in [0.1, 0.15) is 36.1 Å². The van der Waals surface area contributed by atoms with E-state index in [9.17, 15) is 0 Å². The third-order valence-electron chi connectivity index (χ3n) is 12.3. The molecule has 264 valence electrons. The third-order valence-corrected chi connectivity index (χ3v) is 17.2. The summed E-state index contributed by atoms with van der Waals surface area (Å²) in [5.74, 6) is 0. The van der Waals surface area contributed by atoms with E-state index in [1.165, 1.54) is 87.8 Å². The summed E-state index contributed by atoms with van der Waals surface area (Å²) >= 11 is 0. The minimum absolute atomic E-state index is 0.128. The van der Waals surface area contributed by atoms with Crippen LogP contribution in [0.4, 0.5) is 17.1 Å². The van der Waals surface area contributed by atoms with Crippen LogP contribution in [0.2, 0.25) is 0 Å². The number of fused-ring (bicyclic) bond motifs is 6. The highest BCUT2D eigenvalue weighted by Gasteiger charge is 2.51. The molecular formula is C53H43NSi. The van der Waals surface area contributed by atoms with Gasteiger partial charge in [0.25, 0.3) is 0 Å². The second-order valence-electron chi connectivity index (χ2n) is 15.8. The molecule has 8 aromatic rings. The van der Waals surface area contributed by atoms with Gasteiger partial charge in [-0.1, -0.05) is 189 Å². The molecule has 1 aliphatic heterocycles. The zero-order chi connectivity index (χ0) is 37.3. The normalized spacial score (nSPS) is 14.1. The molecule has 1 nitrogen and oxygen atoms in total. The van der Waals surface area contributed by atoms with Crippen molar-refractivity contribution in [3.63, 3.8) is 0 Å². The smallest absolute Gasteiger partial charge is 0.183 e. The Kier molecular flexibility index (Phi) is 7.69. The van der Waals surface area contributed by atoms with Gasteiger partial charge < -0.3 is 4.90 Å². The fourth-order valence-corrected chi connectivity index (χ4v) is 15.0. The number of benzene rings is 8. The molecule has 0 N–H and O–H groups in total. The van der Waals surface area contributed by atoms with Crippen LogP contribution in [0.15, 0.2) is 188 Å². The minimum Gasteiger partial charge on any atom is -0.310 e. The molecule has 0 aromatic heterocycles. The maximum Gasteiger partial charge on any atom is 0.183 e. The lowest BCUT2D eigenvalue weighted by molar-refractivity contribution is 0.660. The van der Waals surface area contributed by atoms with E-state index < -0.39 is 8.07 Å². The largest absolute Gasteiger partial charge is 0.310 e. The molecule has 0 fully saturated rings. The van der Waals surface area contributed by atoms with Crippen molar-refractivity contribution in [3.8, 4) is 33.4 Å². The van der Waals surface area contributed by atoms with Crippen molar-refractivity contribution in [2.75, 3.05) is 4.90 Å². The van der Waals surface area contributed by atoms with E-state index in [0.29, 0.717) is 0 Å². The molecule has 0 radical (unpaired) electrons. The Labute approximate surface area is 326 Å². The van der Waals surface area contributed by atoms with Crippen LogP contribution < -0.4 is 25.6 Å². The van der Waals surface area contributed by atoms with Crippen molar-refractivity contribution in [2.45, 2.75) is 33.1 Å². The molecule has 55 heavy (non-hydrogen) atoms. The predicted octanol–water partition coefficient (Wildman–Crippen LogP) is 11.1. The molecule has 0 spiro atoms. The molecule has 0 saturated carbocycles. The van der Waals surface area contributed by atoms with Crippen LogP contribution in [0, 0.1) is 13.8 Å². The van der Waals surface area contributed by atoms with E-state index in [4.69, 9.17) is 0 Å². The monoisotopic (exact) mass is 721 g/mol. The van der Waals surface area contributed by atoms with Gasteiger partial charge in [-0.25, -0.2) is 0 Å². The number of hydrogen-bond donors (Lipinski definition) is 0. The highest BCUT2D eigenvalue weighted by atomic mass is 28.3. The SMILES string of the molecule is Cc1ccc([Si]2(c3ccc(C)cc3)c3ccccc3-c3cccc(N(c4cccc(-c5ccccc5)c4)c4cccc5c4-c4ccccc4C5(C)C)c32)cc1. The second-order valence-corrected chi connectivity index (χ2v) is 19.5. The lowest BCUT2D eigenvalue weighted by Crippen LogP contribution is -2.73. The summed E-state index contributed by atoms with van der Waals surface area (Å²) in [6.07, 6.45) is 0. The highest BCUT2D eigenvalue weighted by molar-refractivity contribution is 7.22. The first-order valence-corrected chi connectivity index (χ1v) is 21.4. The molecule has 0 saturated heterocycles. The summed E-state index contributed by atoms with van der Waals surface area (Å²) in [4.78, 5) is 2.61. The summed E-state index contributed by atoms with van der Waals surface area (Å²) in [6, 6.07) is 71.2. The van der Waals surface area contributed by atoms with Crippen molar-refractivity contribution < 1.29 is 0 Å². The Morgan fingerprint density at radius 1 is 0.436 bits per heavy atom. The topological polar surface area (TPSA) is 3.24 Å². The Bertz CT molecular complexity index is 2700. The summed E-state index contributed by atoms with van der Waals surface area (Å²) < 4.78 is 0. The number of anilines is 3. The van der Waals surface area contributed by atoms with Gasteiger partial charge in [0.2, 0.25) is 0 Å². The fourth-order valence-electron chi connectivity index (χ4n) is 9.68. The maximum atomic E-state index is 2.61. The maximum absolute atomic E-state index is 2.89. The van der Waals surface area contributed by atoms with Gasteiger partial charge in [-0.2, -0.15) is 0 Å². The quantitative estimate of drug-likeness (QED) is 0.155. The van der Waals surface area contributed by atoms with Gasteiger partial charge in [-0.05, 0) is 97.8 Å². The Morgan fingerprint density at radius 3 is 1.71 bits per heavy atom. The van der Waals surface area contributed by atoms with Gasteiger partial charge in [0, 0.05) is 22.4 Å². The molecule has 2 heteroatoms. The number of nitrogens with zero attached hydrogens (tertiary/aromatic N) is 1. The lowest BCUT2D eigenvalue weighted by Gasteiger charge is -2.37. The van der Waals surface area contributed by atoms with E-state index in [0.717, 1.165) is 5.69 Å². The molecule has 1 aliphatic carbocycles. The van der Waals surface area contributed by atoms with Crippen molar-refractivity contribution >= 4 is 45.9 Å². The zero-order valence-electron chi connectivity index (χ0n) is 31.8. The van der Waals surface area contributed by atoms with E-state index in [2.05, 4.69) is 221 Å². The predicted molar refractivity (Wildman–Crippen MR) is 236 cm³/mol. The average Bonchev–Trinajstić information content (AvgIpc) is 3.66. The van der Waals surface area contributed by atoms with Crippen LogP contribution >= 0.6 is 0 Å². The molecule has 0 atom stereocenters. The van der Waals surface area contributed by atoms with Gasteiger partial charge >= 0.3 is 0 Å². The minimum atomic E-state index is -2.89. The zero-order valence-corrected chi connectivity index (χ0v) is 32.8. The van der Waals surface area contributed by atoms with E-state index >= 15 is 0 Å². The number of aryl methyl sites for hydroxylation is 2. The summed E-state index contributed by atoms with van der Waals surface area (Å²) in [7, 11) is -2.89.